The van der Waals surface area contributed by atoms with Crippen LogP contribution < -0.4 is 4.74 Å². The lowest BCUT2D eigenvalue weighted by Gasteiger charge is -2.36. The number of carbonyl (C=O) groups excluding carboxylic acids is 2. The number of methoxy groups -OCH3 is 2. The molecule has 0 aromatic heterocycles. The van der Waals surface area contributed by atoms with E-state index in [2.05, 4.69) is 13.8 Å². The van der Waals surface area contributed by atoms with Gasteiger partial charge in [0, 0.05) is 17.5 Å². The highest BCUT2D eigenvalue weighted by Crippen LogP contribution is 2.47. The Morgan fingerprint density at radius 3 is 2.13 bits per heavy atom. The molecule has 0 radical (unpaired) electrons. The molecule has 12 heteroatoms. The first kappa shape index (κ1) is 35.2. The Morgan fingerprint density at radius 2 is 1.59 bits per heavy atom. The minimum absolute atomic E-state index is 0.0535. The van der Waals surface area contributed by atoms with Gasteiger partial charge >= 0.3 is 24.4 Å². The van der Waals surface area contributed by atoms with Crippen molar-refractivity contribution in [3.8, 4) is 5.75 Å². The molecule has 4 rings (SSSR count). The van der Waals surface area contributed by atoms with Gasteiger partial charge in [0.25, 0.3) is 0 Å². The smallest absolute Gasteiger partial charge is 0.416 e. The number of hydrogen-bond donors (Lipinski definition) is 0. The summed E-state index contributed by atoms with van der Waals surface area (Å²) < 4.78 is 97.5. The lowest BCUT2D eigenvalue weighted by molar-refractivity contribution is -0.144. The lowest BCUT2D eigenvalue weighted by atomic mass is 9.72. The molecule has 0 unspecified atom stereocenters. The van der Waals surface area contributed by atoms with Crippen LogP contribution in [0.2, 0.25) is 0 Å². The number of ether oxygens (including phenoxy) is 3. The Balaban J connectivity index is 1.76. The SMILES string of the molecule is COC(=O)CC(C)(C)c1ccc(OC)c(C2=C(CN3C(=O)O[C@H](c4cc(C(F)(F)F)cc(C(F)(F)F)c4)[C@@H]3C)CC(C)(C)CC2)c1. The first-order valence-electron chi connectivity index (χ1n) is 14.9. The molecule has 46 heavy (non-hydrogen) atoms. The number of cyclic esters (lactones) is 1. The molecule has 2 aromatic rings. The van der Waals surface area contributed by atoms with E-state index in [-0.39, 0.29) is 36.0 Å². The predicted molar refractivity (Wildman–Crippen MR) is 159 cm³/mol. The normalized spacial score (nSPS) is 20.5. The van der Waals surface area contributed by atoms with E-state index in [1.54, 1.807) is 14.0 Å². The number of rotatable bonds is 8. The van der Waals surface area contributed by atoms with Crippen LogP contribution in [0.3, 0.4) is 0 Å². The van der Waals surface area contributed by atoms with E-state index in [0.717, 1.165) is 28.7 Å². The van der Waals surface area contributed by atoms with E-state index in [1.807, 2.05) is 32.0 Å². The summed E-state index contributed by atoms with van der Waals surface area (Å²) in [4.78, 5) is 26.7. The minimum atomic E-state index is -5.03. The van der Waals surface area contributed by atoms with Gasteiger partial charge in [0.2, 0.25) is 0 Å². The maximum Gasteiger partial charge on any atom is 0.416 e. The van der Waals surface area contributed by atoms with Gasteiger partial charge in [-0.3, -0.25) is 9.69 Å². The molecule has 2 aliphatic rings. The predicted octanol–water partition coefficient (Wildman–Crippen LogP) is 9.12. The summed E-state index contributed by atoms with van der Waals surface area (Å²) >= 11 is 0. The molecule has 1 fully saturated rings. The molecule has 2 atom stereocenters. The Labute approximate surface area is 264 Å². The Bertz CT molecular complexity index is 1490. The second-order valence-electron chi connectivity index (χ2n) is 13.5. The number of esters is 1. The van der Waals surface area contributed by atoms with Crippen molar-refractivity contribution in [1.29, 1.82) is 0 Å². The zero-order valence-corrected chi connectivity index (χ0v) is 26.9. The van der Waals surface area contributed by atoms with Crippen LogP contribution in [0.25, 0.3) is 5.57 Å². The first-order valence-corrected chi connectivity index (χ1v) is 14.9. The number of nitrogens with zero attached hydrogens (tertiary/aromatic N) is 1. The van der Waals surface area contributed by atoms with Gasteiger partial charge in [-0.1, -0.05) is 33.8 Å². The van der Waals surface area contributed by atoms with E-state index < -0.39 is 47.1 Å². The molecule has 1 saturated heterocycles. The monoisotopic (exact) mass is 655 g/mol. The fourth-order valence-corrected chi connectivity index (χ4v) is 6.30. The number of amides is 1. The number of hydrogen-bond acceptors (Lipinski definition) is 5. The standard InChI is InChI=1S/C34H39F6NO5/c1-19-29(20-12-23(33(35,36)37)14-24(13-20)34(38,39)40)46-30(43)41(19)18-21-16-31(2,3)11-10-25(21)26-15-22(8-9-27(26)44-6)32(4,5)17-28(42)45-7/h8-9,12-15,19,29H,10-11,16-18H2,1-7H3/t19-,29-/m0/s1. The highest BCUT2D eigenvalue weighted by atomic mass is 19.4. The van der Waals surface area contributed by atoms with Crippen LogP contribution in [-0.4, -0.2) is 43.8 Å². The molecule has 2 aromatic carbocycles. The zero-order valence-electron chi connectivity index (χ0n) is 26.9. The van der Waals surface area contributed by atoms with Crippen LogP contribution in [0.15, 0.2) is 42.0 Å². The quantitative estimate of drug-likeness (QED) is 0.210. The lowest BCUT2D eigenvalue weighted by Crippen LogP contribution is -2.35. The number of benzene rings is 2. The van der Waals surface area contributed by atoms with E-state index in [4.69, 9.17) is 14.2 Å². The van der Waals surface area contributed by atoms with Gasteiger partial charge in [0.05, 0.1) is 37.8 Å². The molecule has 1 amide bonds. The van der Waals surface area contributed by atoms with Crippen LogP contribution in [0.1, 0.15) is 94.2 Å². The second-order valence-corrected chi connectivity index (χ2v) is 13.5. The third-order valence-electron chi connectivity index (χ3n) is 8.98. The molecule has 0 saturated carbocycles. The Kier molecular flexibility index (Phi) is 9.54. The number of carbonyl (C=O) groups is 2. The molecule has 0 bridgehead atoms. The van der Waals surface area contributed by atoms with E-state index in [1.165, 1.54) is 12.0 Å². The van der Waals surface area contributed by atoms with Crippen LogP contribution in [-0.2, 0) is 32.0 Å². The molecule has 1 heterocycles. The number of allylic oxidation sites excluding steroid dienone is 1. The third kappa shape index (κ3) is 7.47. The molecule has 6 nitrogen and oxygen atoms in total. The first-order chi connectivity index (χ1) is 21.2. The average molecular weight is 656 g/mol. The average Bonchev–Trinajstić information content (AvgIpc) is 3.23. The van der Waals surface area contributed by atoms with Crippen molar-refractivity contribution in [2.75, 3.05) is 20.8 Å². The van der Waals surface area contributed by atoms with Gasteiger partial charge in [-0.2, -0.15) is 26.3 Å². The summed E-state index contributed by atoms with van der Waals surface area (Å²) in [5.41, 5.74) is -0.606. The van der Waals surface area contributed by atoms with Gasteiger partial charge in [-0.15, -0.1) is 0 Å². The second kappa shape index (κ2) is 12.5. The Morgan fingerprint density at radius 1 is 0.978 bits per heavy atom. The number of halogens is 6. The van der Waals surface area contributed by atoms with Gasteiger partial charge < -0.3 is 14.2 Å². The topological polar surface area (TPSA) is 65.1 Å². The van der Waals surface area contributed by atoms with Crippen molar-refractivity contribution < 1.29 is 50.1 Å². The molecular weight excluding hydrogens is 616 g/mol. The van der Waals surface area contributed by atoms with Gasteiger partial charge in [0.1, 0.15) is 11.9 Å². The highest BCUT2D eigenvalue weighted by molar-refractivity contribution is 5.78. The minimum Gasteiger partial charge on any atom is -0.496 e. The Hall–Kier alpha value is -3.70. The van der Waals surface area contributed by atoms with Gasteiger partial charge in [-0.05, 0) is 84.2 Å². The maximum absolute atomic E-state index is 13.6. The fourth-order valence-electron chi connectivity index (χ4n) is 6.30. The largest absolute Gasteiger partial charge is 0.496 e. The summed E-state index contributed by atoms with van der Waals surface area (Å²) in [6.07, 6.45) is -10.1. The summed E-state index contributed by atoms with van der Waals surface area (Å²) in [7, 11) is 2.87. The third-order valence-corrected chi connectivity index (χ3v) is 8.98. The van der Waals surface area contributed by atoms with Crippen molar-refractivity contribution in [2.45, 2.75) is 90.2 Å². The summed E-state index contributed by atoms with van der Waals surface area (Å²) in [6, 6.07) is 6.06. The van der Waals surface area contributed by atoms with Crippen LogP contribution in [0.4, 0.5) is 31.1 Å². The van der Waals surface area contributed by atoms with E-state index in [9.17, 15) is 35.9 Å². The van der Waals surface area contributed by atoms with Crippen molar-refractivity contribution in [3.05, 3.63) is 69.8 Å². The molecule has 0 spiro atoms. The fraction of sp³-hybridized carbons (Fsp3) is 0.529. The van der Waals surface area contributed by atoms with E-state index >= 15 is 0 Å². The van der Waals surface area contributed by atoms with E-state index in [0.29, 0.717) is 30.7 Å². The van der Waals surface area contributed by atoms with Crippen LogP contribution in [0, 0.1) is 5.41 Å². The van der Waals surface area contributed by atoms with Gasteiger partial charge in [-0.25, -0.2) is 4.79 Å². The molecule has 252 valence electrons. The summed E-state index contributed by atoms with van der Waals surface area (Å²) in [5.74, 6) is 0.226. The maximum atomic E-state index is 13.6. The summed E-state index contributed by atoms with van der Waals surface area (Å²) in [6.45, 7) is 9.64. The number of alkyl halides is 6. The zero-order chi connectivity index (χ0) is 34.4. The molecular formula is C34H39F6NO5. The van der Waals surface area contributed by atoms with Gasteiger partial charge in [0.15, 0.2) is 0 Å². The van der Waals surface area contributed by atoms with Crippen molar-refractivity contribution >= 4 is 17.6 Å². The molecule has 0 N–H and O–H groups in total. The van der Waals surface area contributed by atoms with Crippen molar-refractivity contribution in [1.82, 2.24) is 4.90 Å². The summed E-state index contributed by atoms with van der Waals surface area (Å²) in [5, 5.41) is 0. The van der Waals surface area contributed by atoms with Crippen LogP contribution in [0.5, 0.6) is 5.75 Å². The van der Waals surface area contributed by atoms with Crippen molar-refractivity contribution in [2.24, 2.45) is 5.41 Å². The molecule has 1 aliphatic carbocycles. The van der Waals surface area contributed by atoms with Crippen LogP contribution >= 0.6 is 0 Å². The molecule has 1 aliphatic heterocycles. The highest BCUT2D eigenvalue weighted by Gasteiger charge is 2.44. The van der Waals surface area contributed by atoms with Crippen molar-refractivity contribution in [3.63, 3.8) is 0 Å².